The van der Waals surface area contributed by atoms with E-state index < -0.39 is 5.69 Å². The number of benzene rings is 2. The van der Waals surface area contributed by atoms with Gasteiger partial charge < -0.3 is 5.32 Å². The van der Waals surface area contributed by atoms with Crippen LogP contribution in [0.5, 0.6) is 0 Å². The fraction of sp³-hybridized carbons (Fsp3) is 0. The number of fused-ring (bicyclic) bond motifs is 1. The molecule has 2 aromatic carbocycles. The molecule has 0 atom stereocenters. The quantitative estimate of drug-likeness (QED) is 0.520. The molecule has 0 radical (unpaired) electrons. The predicted molar refractivity (Wildman–Crippen MR) is 105 cm³/mol. The van der Waals surface area contributed by atoms with Crippen LogP contribution in [0.4, 0.5) is 11.5 Å². The van der Waals surface area contributed by atoms with Crippen molar-refractivity contribution in [3.8, 4) is 11.1 Å². The molecule has 0 aliphatic carbocycles. The van der Waals surface area contributed by atoms with Crippen LogP contribution in [0.2, 0.25) is 10.0 Å². The van der Waals surface area contributed by atoms with Crippen molar-refractivity contribution in [2.24, 2.45) is 0 Å². The summed E-state index contributed by atoms with van der Waals surface area (Å²) >= 11 is 12.1. The average Bonchev–Trinajstić information content (AvgIpc) is 2.61. The Morgan fingerprint density at radius 3 is 2.38 bits per heavy atom. The van der Waals surface area contributed by atoms with Gasteiger partial charge in [0.2, 0.25) is 0 Å². The summed E-state index contributed by atoms with van der Waals surface area (Å²) in [6, 6.07) is 16.8. The van der Waals surface area contributed by atoms with E-state index in [2.05, 4.69) is 20.3 Å². The molecule has 7 heteroatoms. The molecule has 128 valence electrons. The van der Waals surface area contributed by atoms with E-state index in [1.54, 1.807) is 18.3 Å². The molecule has 5 nitrogen and oxygen atoms in total. The lowest BCUT2D eigenvalue weighted by atomic mass is 10.1. The molecular formula is C19H12Cl2N4O. The van der Waals surface area contributed by atoms with Crippen LogP contribution in [0.25, 0.3) is 22.2 Å². The molecule has 0 saturated heterocycles. The van der Waals surface area contributed by atoms with Crippen LogP contribution >= 0.6 is 23.2 Å². The predicted octanol–water partition coefficient (Wildman–Crippen LogP) is 5.04. The van der Waals surface area contributed by atoms with E-state index in [0.29, 0.717) is 21.5 Å². The number of H-pyrrole nitrogens is 1. The maximum atomic E-state index is 11.7. The van der Waals surface area contributed by atoms with E-state index in [-0.39, 0.29) is 0 Å². The second-order valence-corrected chi connectivity index (χ2v) is 6.52. The minimum Gasteiger partial charge on any atom is -0.341 e. The summed E-state index contributed by atoms with van der Waals surface area (Å²) in [6.45, 7) is 0. The third-order valence-electron chi connectivity index (χ3n) is 3.85. The zero-order chi connectivity index (χ0) is 18.1. The summed E-state index contributed by atoms with van der Waals surface area (Å²) < 4.78 is 0. The Kier molecular flexibility index (Phi) is 4.32. The van der Waals surface area contributed by atoms with Gasteiger partial charge >= 0.3 is 5.69 Å². The van der Waals surface area contributed by atoms with Crippen molar-refractivity contribution < 1.29 is 0 Å². The molecule has 0 aliphatic heterocycles. The number of halogens is 2. The molecule has 4 rings (SSSR count). The zero-order valence-electron chi connectivity index (χ0n) is 13.3. The number of aromatic amines is 1. The first-order chi connectivity index (χ1) is 12.6. The number of anilines is 2. The summed E-state index contributed by atoms with van der Waals surface area (Å²) in [4.78, 5) is 22.4. The molecular weight excluding hydrogens is 371 g/mol. The Labute approximate surface area is 158 Å². The highest BCUT2D eigenvalue weighted by Crippen LogP contribution is 2.29. The van der Waals surface area contributed by atoms with Crippen molar-refractivity contribution in [1.82, 2.24) is 15.0 Å². The number of hydrogen-bond donors (Lipinski definition) is 2. The Bertz CT molecular complexity index is 1140. The van der Waals surface area contributed by atoms with Crippen LogP contribution in [0.15, 0.2) is 65.6 Å². The molecule has 0 saturated carbocycles. The lowest BCUT2D eigenvalue weighted by Crippen LogP contribution is -2.13. The molecule has 2 heterocycles. The van der Waals surface area contributed by atoms with E-state index in [1.807, 2.05) is 42.5 Å². The van der Waals surface area contributed by atoms with Gasteiger partial charge in [0.25, 0.3) is 0 Å². The van der Waals surface area contributed by atoms with Crippen LogP contribution < -0.4 is 11.0 Å². The van der Waals surface area contributed by atoms with E-state index in [0.717, 1.165) is 22.2 Å². The van der Waals surface area contributed by atoms with Crippen LogP contribution in [0, 0.1) is 0 Å². The van der Waals surface area contributed by atoms with Gasteiger partial charge in [-0.05, 0) is 53.6 Å². The highest BCUT2D eigenvalue weighted by molar-refractivity contribution is 6.35. The summed E-state index contributed by atoms with van der Waals surface area (Å²) in [5, 5.41) is 5.11. The second-order valence-electron chi connectivity index (χ2n) is 5.65. The number of nitrogens with zero attached hydrogens (tertiary/aromatic N) is 2. The van der Waals surface area contributed by atoms with Gasteiger partial charge in [0.1, 0.15) is 5.82 Å². The second kappa shape index (κ2) is 6.78. The van der Waals surface area contributed by atoms with Crippen LogP contribution in [0.3, 0.4) is 0 Å². The maximum Gasteiger partial charge on any atom is 0.348 e. The number of aromatic nitrogens is 3. The Balaban J connectivity index is 1.67. The third-order valence-corrected chi connectivity index (χ3v) is 4.28. The monoisotopic (exact) mass is 382 g/mol. The zero-order valence-corrected chi connectivity index (χ0v) is 14.8. The Morgan fingerprint density at radius 2 is 1.65 bits per heavy atom. The molecule has 0 fully saturated rings. The van der Waals surface area contributed by atoms with Gasteiger partial charge in [0.05, 0.1) is 5.39 Å². The first-order valence-corrected chi connectivity index (χ1v) is 8.53. The highest BCUT2D eigenvalue weighted by atomic mass is 35.5. The number of hydrogen-bond acceptors (Lipinski definition) is 4. The fourth-order valence-electron chi connectivity index (χ4n) is 2.69. The van der Waals surface area contributed by atoms with E-state index in [1.165, 1.54) is 0 Å². The van der Waals surface area contributed by atoms with E-state index >= 15 is 0 Å². The molecule has 2 aromatic heterocycles. The first kappa shape index (κ1) is 16.6. The summed E-state index contributed by atoms with van der Waals surface area (Å²) in [6.07, 6.45) is 1.60. The highest BCUT2D eigenvalue weighted by Gasteiger charge is 2.06. The van der Waals surface area contributed by atoms with Gasteiger partial charge in [0.15, 0.2) is 5.65 Å². The third kappa shape index (κ3) is 3.40. The molecule has 0 spiro atoms. The van der Waals surface area contributed by atoms with E-state index in [9.17, 15) is 4.79 Å². The standard InChI is InChI=1S/C19H12Cl2N4O/c20-13-8-12(9-14(21)10-13)11-3-5-15(6-4-11)23-18-16-2-1-7-22-17(16)24-19(26)25-18/h1-10H,(H2,22,23,24,25,26). The fourth-order valence-corrected chi connectivity index (χ4v) is 3.22. The van der Waals surface area contributed by atoms with Crippen LogP contribution in [-0.2, 0) is 0 Å². The molecule has 0 bridgehead atoms. The first-order valence-electron chi connectivity index (χ1n) is 7.77. The SMILES string of the molecule is O=c1nc2ncccc2c(Nc2ccc(-c3cc(Cl)cc(Cl)c3)cc2)[nH]1. The van der Waals surface area contributed by atoms with Crippen molar-refractivity contribution in [3.05, 3.63) is 81.3 Å². The smallest absolute Gasteiger partial charge is 0.341 e. The van der Waals surface area contributed by atoms with Crippen LogP contribution in [0.1, 0.15) is 0 Å². The van der Waals surface area contributed by atoms with Gasteiger partial charge in [-0.3, -0.25) is 4.98 Å². The van der Waals surface area contributed by atoms with Crippen molar-refractivity contribution in [2.45, 2.75) is 0 Å². The molecule has 4 aromatic rings. The lowest BCUT2D eigenvalue weighted by Gasteiger charge is -2.10. The number of nitrogens with one attached hydrogen (secondary N) is 2. The van der Waals surface area contributed by atoms with Gasteiger partial charge in [0, 0.05) is 21.9 Å². The van der Waals surface area contributed by atoms with Crippen LogP contribution in [-0.4, -0.2) is 15.0 Å². The largest absolute Gasteiger partial charge is 0.348 e. The minimum atomic E-state index is -0.455. The van der Waals surface area contributed by atoms with E-state index in [4.69, 9.17) is 23.2 Å². The van der Waals surface area contributed by atoms with Crippen molar-refractivity contribution in [2.75, 3.05) is 5.32 Å². The van der Waals surface area contributed by atoms with Gasteiger partial charge in [-0.25, -0.2) is 9.78 Å². The molecule has 2 N–H and O–H groups in total. The van der Waals surface area contributed by atoms with Gasteiger partial charge in [-0.1, -0.05) is 35.3 Å². The van der Waals surface area contributed by atoms with Crippen molar-refractivity contribution in [3.63, 3.8) is 0 Å². The lowest BCUT2D eigenvalue weighted by molar-refractivity contribution is 1.10. The normalized spacial score (nSPS) is 10.8. The minimum absolute atomic E-state index is 0.393. The summed E-state index contributed by atoms with van der Waals surface area (Å²) in [5.41, 5.74) is 2.66. The Hall–Kier alpha value is -2.89. The summed E-state index contributed by atoms with van der Waals surface area (Å²) in [7, 11) is 0. The van der Waals surface area contributed by atoms with Gasteiger partial charge in [-0.2, -0.15) is 4.98 Å². The van der Waals surface area contributed by atoms with Gasteiger partial charge in [-0.15, -0.1) is 0 Å². The molecule has 0 amide bonds. The number of rotatable bonds is 3. The molecule has 0 aliphatic rings. The maximum absolute atomic E-state index is 11.7. The summed E-state index contributed by atoms with van der Waals surface area (Å²) in [5.74, 6) is 0.548. The van der Waals surface area contributed by atoms with Crippen molar-refractivity contribution >= 4 is 45.7 Å². The topological polar surface area (TPSA) is 70.7 Å². The average molecular weight is 383 g/mol. The van der Waals surface area contributed by atoms with Crippen molar-refractivity contribution in [1.29, 1.82) is 0 Å². The molecule has 26 heavy (non-hydrogen) atoms. The Morgan fingerprint density at radius 1 is 0.923 bits per heavy atom. The molecule has 0 unspecified atom stereocenters. The number of pyridine rings is 1.